The molecule has 6 nitrogen and oxygen atoms in total. The molecule has 1 saturated carbocycles. The summed E-state index contributed by atoms with van der Waals surface area (Å²) in [6.45, 7) is 3.24. The van der Waals surface area contributed by atoms with Crippen molar-refractivity contribution in [3.05, 3.63) is 100 Å². The van der Waals surface area contributed by atoms with E-state index in [-0.39, 0.29) is 17.9 Å². The van der Waals surface area contributed by atoms with Gasteiger partial charge in [0.05, 0.1) is 5.54 Å². The molecule has 0 unspecified atom stereocenters. The fraction of sp³-hybridized carbons (Fsp3) is 0.323. The molecule has 1 aliphatic carbocycles. The second-order valence-electron chi connectivity index (χ2n) is 10.4. The number of benzene rings is 3. The number of aryl methyl sites for hydroxylation is 2. The number of carbonyl (C=O) groups excluding carboxylic acids is 3. The Labute approximate surface area is 231 Å². The summed E-state index contributed by atoms with van der Waals surface area (Å²) in [7, 11) is 0. The van der Waals surface area contributed by atoms with Crippen molar-refractivity contribution in [1.82, 2.24) is 10.6 Å². The van der Waals surface area contributed by atoms with E-state index in [0.29, 0.717) is 18.5 Å². The molecule has 4 rings (SSSR count). The largest absolute Gasteiger partial charge is 0.347 e. The van der Waals surface area contributed by atoms with Gasteiger partial charge in [0.15, 0.2) is 17.5 Å². The molecule has 0 bridgehead atoms. The fourth-order valence-corrected chi connectivity index (χ4v) is 4.99. The molecule has 0 heterocycles. The third-order valence-corrected chi connectivity index (χ3v) is 7.19. The van der Waals surface area contributed by atoms with Crippen LogP contribution in [0.25, 0.3) is 0 Å². The van der Waals surface area contributed by atoms with E-state index in [0.717, 1.165) is 48.1 Å². The Morgan fingerprint density at radius 3 is 2.17 bits per heavy atom. The molecule has 0 aliphatic heterocycles. The first kappa shape index (κ1) is 28.9. The van der Waals surface area contributed by atoms with Gasteiger partial charge < -0.3 is 16.0 Å². The van der Waals surface area contributed by atoms with Gasteiger partial charge in [-0.3, -0.25) is 14.4 Å². The first-order valence-corrected chi connectivity index (χ1v) is 13.2. The number of anilines is 1. The van der Waals surface area contributed by atoms with Gasteiger partial charge in [0.2, 0.25) is 17.7 Å². The highest BCUT2D eigenvalue weighted by atomic mass is 19.2. The van der Waals surface area contributed by atoms with Crippen LogP contribution in [0.3, 0.4) is 0 Å². The van der Waals surface area contributed by atoms with E-state index >= 15 is 0 Å². The Morgan fingerprint density at radius 1 is 0.925 bits per heavy atom. The van der Waals surface area contributed by atoms with Crippen molar-refractivity contribution in [2.75, 3.05) is 5.32 Å². The summed E-state index contributed by atoms with van der Waals surface area (Å²) in [6.07, 6.45) is 3.40. The topological polar surface area (TPSA) is 87.3 Å². The number of hydrogen-bond donors (Lipinski definition) is 3. The second-order valence-corrected chi connectivity index (χ2v) is 10.4. The van der Waals surface area contributed by atoms with Crippen LogP contribution in [0.15, 0.2) is 60.7 Å². The van der Waals surface area contributed by atoms with Crippen LogP contribution >= 0.6 is 0 Å². The molecule has 1 fully saturated rings. The van der Waals surface area contributed by atoms with Crippen LogP contribution in [-0.2, 0) is 32.8 Å². The van der Waals surface area contributed by atoms with Crippen molar-refractivity contribution >= 4 is 23.4 Å². The Morgan fingerprint density at radius 2 is 1.60 bits per heavy atom. The number of nitrogens with one attached hydrogen (secondary N) is 3. The van der Waals surface area contributed by atoms with Crippen molar-refractivity contribution in [3.63, 3.8) is 0 Å². The van der Waals surface area contributed by atoms with Crippen LogP contribution < -0.4 is 16.0 Å². The average molecular weight is 552 g/mol. The summed E-state index contributed by atoms with van der Waals surface area (Å²) in [4.78, 5) is 37.4. The maximum atomic E-state index is 13.7. The molecule has 0 aromatic heterocycles. The Balaban J connectivity index is 1.40. The molecule has 1 aliphatic rings. The second kappa shape index (κ2) is 12.4. The van der Waals surface area contributed by atoms with E-state index in [1.54, 1.807) is 12.1 Å². The smallest absolute Gasteiger partial charge is 0.247 e. The van der Waals surface area contributed by atoms with E-state index in [4.69, 9.17) is 0 Å². The lowest BCUT2D eigenvalue weighted by Gasteiger charge is -2.43. The van der Waals surface area contributed by atoms with Crippen LogP contribution in [0.1, 0.15) is 54.9 Å². The third kappa shape index (κ3) is 7.08. The summed E-state index contributed by atoms with van der Waals surface area (Å²) in [5.74, 6) is -5.49. The van der Waals surface area contributed by atoms with Gasteiger partial charge in [-0.2, -0.15) is 0 Å². The maximum absolute atomic E-state index is 13.7. The molecule has 0 saturated heterocycles. The quantitative estimate of drug-likeness (QED) is 0.302. The molecule has 1 atom stereocenters. The molecule has 40 heavy (non-hydrogen) atoms. The van der Waals surface area contributed by atoms with Crippen molar-refractivity contribution in [1.29, 1.82) is 0 Å². The predicted molar refractivity (Wildman–Crippen MR) is 146 cm³/mol. The average Bonchev–Trinajstić information content (AvgIpc) is 2.88. The van der Waals surface area contributed by atoms with Crippen LogP contribution in [0.5, 0.6) is 0 Å². The Bertz CT molecular complexity index is 1380. The molecule has 9 heteroatoms. The lowest BCUT2D eigenvalue weighted by Crippen LogP contribution is -2.50. The van der Waals surface area contributed by atoms with Crippen LogP contribution in [0.2, 0.25) is 0 Å². The zero-order valence-corrected chi connectivity index (χ0v) is 22.5. The summed E-state index contributed by atoms with van der Waals surface area (Å²) in [5.41, 5.74) is 3.21. The van der Waals surface area contributed by atoms with Crippen LogP contribution in [-0.4, -0.2) is 23.8 Å². The lowest BCUT2D eigenvalue weighted by molar-refractivity contribution is -0.125. The highest BCUT2D eigenvalue weighted by Gasteiger charge is 2.39. The van der Waals surface area contributed by atoms with Gasteiger partial charge >= 0.3 is 0 Å². The molecule has 0 spiro atoms. The molecular formula is C31H32F3N3O3. The summed E-state index contributed by atoms with van der Waals surface area (Å²) < 4.78 is 40.6. The van der Waals surface area contributed by atoms with Gasteiger partial charge in [0, 0.05) is 25.5 Å². The highest BCUT2D eigenvalue weighted by Crippen LogP contribution is 2.41. The fourth-order valence-electron chi connectivity index (χ4n) is 4.99. The predicted octanol–water partition coefficient (Wildman–Crippen LogP) is 5.23. The van der Waals surface area contributed by atoms with E-state index in [9.17, 15) is 27.6 Å². The minimum atomic E-state index is -1.60. The standard InChI is InChI=1S/C31H32F3N3O3/c1-19-5-3-6-21(15-19)7-12-28(39)37-31(13-4-14-31)23-8-10-24(11-9-23)36-30(40)27(35-20(2)38)18-22-16-25(32)29(34)26(33)17-22/h3,5-6,8-11,15-17,27H,4,7,12-14,18H2,1-2H3,(H,35,38)(H,36,40)(H,37,39)/t27-/m1/s1. The molecular weight excluding hydrogens is 519 g/mol. The maximum Gasteiger partial charge on any atom is 0.247 e. The zero-order chi connectivity index (χ0) is 28.9. The number of amides is 3. The Hall–Kier alpha value is -4.14. The van der Waals surface area contributed by atoms with Crippen molar-refractivity contribution < 1.29 is 27.6 Å². The third-order valence-electron chi connectivity index (χ3n) is 7.19. The summed E-state index contributed by atoms with van der Waals surface area (Å²) in [6, 6.07) is 15.6. The first-order chi connectivity index (χ1) is 19.0. The minimum absolute atomic E-state index is 0.0192. The monoisotopic (exact) mass is 551 g/mol. The van der Waals surface area contributed by atoms with E-state index in [2.05, 4.69) is 22.0 Å². The van der Waals surface area contributed by atoms with Gasteiger partial charge in [-0.1, -0.05) is 42.0 Å². The van der Waals surface area contributed by atoms with Gasteiger partial charge in [0.1, 0.15) is 6.04 Å². The number of rotatable bonds is 10. The number of carbonyl (C=O) groups is 3. The Kier molecular flexibility index (Phi) is 8.92. The molecule has 0 radical (unpaired) electrons. The minimum Gasteiger partial charge on any atom is -0.347 e. The summed E-state index contributed by atoms with van der Waals surface area (Å²) >= 11 is 0. The lowest BCUT2D eigenvalue weighted by atomic mass is 9.71. The number of hydrogen-bond acceptors (Lipinski definition) is 3. The van der Waals surface area contributed by atoms with Crippen LogP contribution in [0.4, 0.5) is 18.9 Å². The first-order valence-electron chi connectivity index (χ1n) is 13.2. The molecule has 3 aromatic rings. The molecule has 3 N–H and O–H groups in total. The SMILES string of the molecule is CC(=O)N[C@H](Cc1cc(F)c(F)c(F)c1)C(=O)Nc1ccc(C2(NC(=O)CCc3cccc(C)c3)CCC2)cc1. The highest BCUT2D eigenvalue weighted by molar-refractivity contribution is 5.97. The van der Waals surface area contributed by atoms with Gasteiger partial charge in [-0.05, 0) is 73.6 Å². The normalized spacial score (nSPS) is 14.5. The van der Waals surface area contributed by atoms with E-state index in [1.807, 2.05) is 37.3 Å². The zero-order valence-electron chi connectivity index (χ0n) is 22.5. The van der Waals surface area contributed by atoms with Crippen molar-refractivity contribution in [2.24, 2.45) is 0 Å². The number of halogens is 3. The van der Waals surface area contributed by atoms with Crippen LogP contribution in [0, 0.1) is 24.4 Å². The van der Waals surface area contributed by atoms with Crippen molar-refractivity contribution in [3.8, 4) is 0 Å². The van der Waals surface area contributed by atoms with E-state index < -0.39 is 40.8 Å². The van der Waals surface area contributed by atoms with Gasteiger partial charge in [-0.15, -0.1) is 0 Å². The van der Waals surface area contributed by atoms with Crippen molar-refractivity contribution in [2.45, 2.75) is 64.0 Å². The molecule has 3 amide bonds. The van der Waals surface area contributed by atoms with E-state index in [1.165, 1.54) is 6.92 Å². The summed E-state index contributed by atoms with van der Waals surface area (Å²) in [5, 5.41) is 8.38. The molecule has 3 aromatic carbocycles. The molecule has 210 valence electrons. The van der Waals surface area contributed by atoms with Gasteiger partial charge in [-0.25, -0.2) is 13.2 Å². The van der Waals surface area contributed by atoms with Gasteiger partial charge in [0.25, 0.3) is 0 Å².